The SMILES string of the molecule is O=C(Nc1cc(F)c(Oc2ccnc3[nH]cc(C(F)(F)F)c23)c(F)c1)N1CCCCOC1. The van der Waals surface area contributed by atoms with Crippen LogP contribution in [0.5, 0.6) is 11.5 Å². The summed E-state index contributed by atoms with van der Waals surface area (Å²) in [4.78, 5) is 19.8. The van der Waals surface area contributed by atoms with E-state index in [0.717, 1.165) is 37.2 Å². The third-order valence-corrected chi connectivity index (χ3v) is 4.80. The summed E-state index contributed by atoms with van der Waals surface area (Å²) in [6, 6.07) is 2.10. The second kappa shape index (κ2) is 8.61. The topological polar surface area (TPSA) is 79.5 Å². The Hall–Kier alpha value is -3.41. The molecule has 2 aromatic heterocycles. The van der Waals surface area contributed by atoms with Crippen LogP contribution in [0.25, 0.3) is 11.0 Å². The summed E-state index contributed by atoms with van der Waals surface area (Å²) in [7, 11) is 0. The van der Waals surface area contributed by atoms with E-state index in [4.69, 9.17) is 9.47 Å². The maximum absolute atomic E-state index is 14.6. The predicted molar refractivity (Wildman–Crippen MR) is 103 cm³/mol. The number of hydrogen-bond acceptors (Lipinski definition) is 4. The largest absolute Gasteiger partial charge is 0.450 e. The summed E-state index contributed by atoms with van der Waals surface area (Å²) in [5, 5.41) is 1.91. The number of aromatic nitrogens is 2. The Morgan fingerprint density at radius 1 is 1.22 bits per heavy atom. The maximum atomic E-state index is 14.6. The number of urea groups is 1. The number of carbonyl (C=O) groups is 1. The fraction of sp³-hybridized carbons (Fsp3) is 0.300. The van der Waals surface area contributed by atoms with Crippen LogP contribution in [0, 0.1) is 11.6 Å². The summed E-state index contributed by atoms with van der Waals surface area (Å²) >= 11 is 0. The van der Waals surface area contributed by atoms with Gasteiger partial charge in [0.1, 0.15) is 18.1 Å². The number of ether oxygens (including phenoxy) is 2. The molecule has 0 radical (unpaired) electrons. The van der Waals surface area contributed by atoms with Gasteiger partial charge in [-0.05, 0) is 18.9 Å². The van der Waals surface area contributed by atoms with Gasteiger partial charge in [0.25, 0.3) is 0 Å². The first kappa shape index (κ1) is 21.8. The number of benzene rings is 1. The molecule has 0 bridgehead atoms. The number of carbonyl (C=O) groups excluding carboxylic acids is 1. The van der Waals surface area contributed by atoms with Gasteiger partial charge >= 0.3 is 12.2 Å². The lowest BCUT2D eigenvalue weighted by molar-refractivity contribution is -0.136. The smallest absolute Gasteiger partial charge is 0.418 e. The molecule has 7 nitrogen and oxygen atoms in total. The fourth-order valence-corrected chi connectivity index (χ4v) is 3.28. The Labute approximate surface area is 178 Å². The molecular formula is C20H17F5N4O3. The number of rotatable bonds is 3. The van der Waals surface area contributed by atoms with Gasteiger partial charge in [0.15, 0.2) is 17.4 Å². The first-order valence-corrected chi connectivity index (χ1v) is 9.58. The minimum absolute atomic E-state index is 0.0498. The van der Waals surface area contributed by atoms with Crippen molar-refractivity contribution >= 4 is 22.8 Å². The summed E-state index contributed by atoms with van der Waals surface area (Å²) < 4.78 is 79.5. The standard InChI is InChI=1S/C20H17F5N4O3/c21-13-7-11(28-19(30)29-5-1-2-6-31-10-29)8-14(22)17(13)32-15-3-4-26-18-16(15)12(9-27-18)20(23,24)25/h3-4,7-9H,1-2,5-6,10H2,(H,26,27)(H,28,30). The number of nitrogens with zero attached hydrogens (tertiary/aromatic N) is 2. The zero-order valence-corrected chi connectivity index (χ0v) is 16.4. The molecular weight excluding hydrogens is 439 g/mol. The highest BCUT2D eigenvalue weighted by Crippen LogP contribution is 2.40. The monoisotopic (exact) mass is 456 g/mol. The number of alkyl halides is 3. The number of halogens is 5. The number of nitrogens with one attached hydrogen (secondary N) is 2. The molecule has 0 aliphatic carbocycles. The summed E-state index contributed by atoms with van der Waals surface area (Å²) in [6.45, 7) is 0.987. The minimum atomic E-state index is -4.73. The van der Waals surface area contributed by atoms with E-state index in [9.17, 15) is 26.7 Å². The Kier molecular flexibility index (Phi) is 5.87. The van der Waals surface area contributed by atoms with Gasteiger partial charge in [-0.1, -0.05) is 0 Å². The number of amides is 2. The van der Waals surface area contributed by atoms with Crippen LogP contribution in [0.3, 0.4) is 0 Å². The van der Waals surface area contributed by atoms with Gasteiger partial charge in [-0.3, -0.25) is 0 Å². The Bertz CT molecular complexity index is 1120. The lowest BCUT2D eigenvalue weighted by Crippen LogP contribution is -2.36. The van der Waals surface area contributed by atoms with Gasteiger partial charge < -0.3 is 24.7 Å². The Balaban J connectivity index is 1.60. The molecule has 0 saturated carbocycles. The first-order chi connectivity index (χ1) is 15.2. The van der Waals surface area contributed by atoms with Crippen LogP contribution in [0.2, 0.25) is 0 Å². The third-order valence-electron chi connectivity index (χ3n) is 4.80. The number of fused-ring (bicyclic) bond motifs is 1. The normalized spacial score (nSPS) is 15.0. The number of aromatic amines is 1. The first-order valence-electron chi connectivity index (χ1n) is 9.58. The quantitative estimate of drug-likeness (QED) is 0.528. The van der Waals surface area contributed by atoms with Crippen molar-refractivity contribution in [3.8, 4) is 11.5 Å². The zero-order chi connectivity index (χ0) is 22.9. The number of hydrogen-bond donors (Lipinski definition) is 2. The van der Waals surface area contributed by atoms with E-state index in [1.807, 2.05) is 0 Å². The molecule has 0 spiro atoms. The van der Waals surface area contributed by atoms with Crippen LogP contribution in [0.15, 0.2) is 30.6 Å². The molecule has 3 aromatic rings. The highest BCUT2D eigenvalue weighted by Gasteiger charge is 2.35. The van der Waals surface area contributed by atoms with Crippen molar-refractivity contribution < 1.29 is 36.2 Å². The number of pyridine rings is 1. The summed E-state index contributed by atoms with van der Waals surface area (Å²) in [5.74, 6) is -3.76. The average Bonchev–Trinajstić information content (AvgIpc) is 2.99. The van der Waals surface area contributed by atoms with Crippen LogP contribution in [-0.4, -0.2) is 40.8 Å². The fourth-order valence-electron chi connectivity index (χ4n) is 3.28. The molecule has 170 valence electrons. The summed E-state index contributed by atoms with van der Waals surface area (Å²) in [5.41, 5.74) is -1.42. The van der Waals surface area contributed by atoms with Crippen molar-refractivity contribution in [3.63, 3.8) is 0 Å². The third kappa shape index (κ3) is 4.44. The van der Waals surface area contributed by atoms with Crippen LogP contribution in [0.4, 0.5) is 32.4 Å². The minimum Gasteiger partial charge on any atom is -0.450 e. The lowest BCUT2D eigenvalue weighted by atomic mass is 10.2. The van der Waals surface area contributed by atoms with Crippen molar-refractivity contribution in [2.24, 2.45) is 0 Å². The molecule has 1 fully saturated rings. The predicted octanol–water partition coefficient (Wildman–Crippen LogP) is 5.25. The van der Waals surface area contributed by atoms with E-state index in [0.29, 0.717) is 19.3 Å². The molecule has 2 amide bonds. The second-order valence-corrected chi connectivity index (χ2v) is 7.04. The molecule has 12 heteroatoms. The van der Waals surface area contributed by atoms with Gasteiger partial charge in [-0.15, -0.1) is 0 Å². The number of H-pyrrole nitrogens is 1. The van der Waals surface area contributed by atoms with Gasteiger partial charge in [0.2, 0.25) is 0 Å². The van der Waals surface area contributed by atoms with Gasteiger partial charge in [0.05, 0.1) is 10.9 Å². The average molecular weight is 456 g/mol. The van der Waals surface area contributed by atoms with Gasteiger partial charge in [-0.25, -0.2) is 18.6 Å². The molecule has 1 aliphatic heterocycles. The van der Waals surface area contributed by atoms with E-state index in [2.05, 4.69) is 15.3 Å². The highest BCUT2D eigenvalue weighted by atomic mass is 19.4. The maximum Gasteiger partial charge on any atom is 0.418 e. The van der Waals surface area contributed by atoms with E-state index < -0.39 is 46.3 Å². The van der Waals surface area contributed by atoms with Crippen molar-refractivity contribution in [2.75, 3.05) is 25.2 Å². The molecule has 32 heavy (non-hydrogen) atoms. The van der Waals surface area contributed by atoms with Gasteiger partial charge in [0, 0.05) is 43.4 Å². The Morgan fingerprint density at radius 3 is 2.69 bits per heavy atom. The van der Waals surface area contributed by atoms with Crippen LogP contribution in [0.1, 0.15) is 18.4 Å². The van der Waals surface area contributed by atoms with Crippen molar-refractivity contribution in [2.45, 2.75) is 19.0 Å². The van der Waals surface area contributed by atoms with E-state index in [-0.39, 0.29) is 18.1 Å². The van der Waals surface area contributed by atoms with E-state index in [1.165, 1.54) is 4.90 Å². The van der Waals surface area contributed by atoms with Crippen molar-refractivity contribution in [1.82, 2.24) is 14.9 Å². The summed E-state index contributed by atoms with van der Waals surface area (Å²) in [6.07, 6.45) is -1.38. The molecule has 0 atom stereocenters. The van der Waals surface area contributed by atoms with E-state index >= 15 is 0 Å². The molecule has 2 N–H and O–H groups in total. The van der Waals surface area contributed by atoms with Crippen molar-refractivity contribution in [1.29, 1.82) is 0 Å². The van der Waals surface area contributed by atoms with Crippen LogP contribution >= 0.6 is 0 Å². The molecule has 1 aromatic carbocycles. The Morgan fingerprint density at radius 2 is 1.97 bits per heavy atom. The van der Waals surface area contributed by atoms with Crippen LogP contribution in [-0.2, 0) is 10.9 Å². The zero-order valence-electron chi connectivity index (χ0n) is 16.4. The molecule has 1 aliphatic rings. The number of anilines is 1. The van der Waals surface area contributed by atoms with Crippen molar-refractivity contribution in [3.05, 3.63) is 47.8 Å². The second-order valence-electron chi connectivity index (χ2n) is 7.04. The van der Waals surface area contributed by atoms with Gasteiger partial charge in [-0.2, -0.15) is 13.2 Å². The highest BCUT2D eigenvalue weighted by molar-refractivity contribution is 5.89. The van der Waals surface area contributed by atoms with Crippen LogP contribution < -0.4 is 10.1 Å². The molecule has 1 saturated heterocycles. The molecule has 0 unspecified atom stereocenters. The van der Waals surface area contributed by atoms with E-state index in [1.54, 1.807) is 0 Å². The lowest BCUT2D eigenvalue weighted by Gasteiger charge is -2.20. The molecule has 3 heterocycles. The molecule has 4 rings (SSSR count).